The Kier molecular flexibility index (Phi) is 6.65. The second-order valence-corrected chi connectivity index (χ2v) is 10.4. The van der Waals surface area contributed by atoms with Crippen LogP contribution >= 0.6 is 54.5 Å². The van der Waals surface area contributed by atoms with Crippen LogP contribution in [-0.2, 0) is 18.5 Å². The highest BCUT2D eigenvalue weighted by Gasteiger charge is 2.40. The van der Waals surface area contributed by atoms with Gasteiger partial charge in [-0.05, 0) is 81.2 Å². The number of benzene rings is 1. The lowest BCUT2D eigenvalue weighted by Crippen LogP contribution is -2.20. The number of pyridine rings is 1. The van der Waals surface area contributed by atoms with Crippen LogP contribution in [0.3, 0.4) is 0 Å². The Morgan fingerprint density at radius 2 is 2.06 bits per heavy atom. The van der Waals surface area contributed by atoms with Crippen LogP contribution < -0.4 is 0 Å². The van der Waals surface area contributed by atoms with Crippen LogP contribution in [0.15, 0.2) is 49.6 Å². The maximum absolute atomic E-state index is 9.96. The fraction of sp³-hybridized carbons (Fsp3) is 0.304. The predicted molar refractivity (Wildman–Crippen MR) is 140 cm³/mol. The number of hydrogen-bond donors (Lipinski definition) is 0. The molecule has 5 nitrogen and oxygen atoms in total. The molecule has 0 saturated heterocycles. The maximum atomic E-state index is 9.96. The number of hydrogen-bond acceptors (Lipinski definition) is 4. The number of nitriles is 1. The molecule has 0 saturated carbocycles. The lowest BCUT2D eigenvalue weighted by atomic mass is 9.92. The third kappa shape index (κ3) is 4.12. The van der Waals surface area contributed by atoms with Gasteiger partial charge in [0, 0.05) is 26.2 Å². The number of halogens is 3. The van der Waals surface area contributed by atoms with Crippen molar-refractivity contribution in [1.82, 2.24) is 14.5 Å². The van der Waals surface area contributed by atoms with E-state index in [0.717, 1.165) is 61.0 Å². The van der Waals surface area contributed by atoms with Crippen LogP contribution in [0.2, 0.25) is 0 Å². The lowest BCUT2D eigenvalue weighted by Gasteiger charge is -2.21. The Bertz CT molecular complexity index is 1270. The second-order valence-electron chi connectivity index (χ2n) is 7.58. The fourth-order valence-electron chi connectivity index (χ4n) is 3.79. The van der Waals surface area contributed by atoms with E-state index in [0.29, 0.717) is 11.2 Å². The highest BCUT2D eigenvalue weighted by Crippen LogP contribution is 2.44. The molecule has 31 heavy (non-hydrogen) atoms. The van der Waals surface area contributed by atoms with E-state index in [1.165, 1.54) is 0 Å². The average molecular weight is 653 g/mol. The molecule has 1 unspecified atom stereocenters. The van der Waals surface area contributed by atoms with Gasteiger partial charge in [0.1, 0.15) is 22.0 Å². The largest absolute Gasteiger partial charge is 0.308 e. The van der Waals surface area contributed by atoms with E-state index >= 15 is 0 Å². The van der Waals surface area contributed by atoms with Crippen molar-refractivity contribution in [3.05, 3.63) is 67.1 Å². The summed E-state index contributed by atoms with van der Waals surface area (Å²) < 4.78 is 4.63. The van der Waals surface area contributed by atoms with Gasteiger partial charge in [-0.3, -0.25) is 0 Å². The second kappa shape index (κ2) is 9.12. The van der Waals surface area contributed by atoms with Crippen LogP contribution in [0.5, 0.6) is 0 Å². The molecule has 2 aromatic heterocycles. The Labute approximate surface area is 212 Å². The van der Waals surface area contributed by atoms with Gasteiger partial charge in [0.05, 0.1) is 6.54 Å². The number of nitrogens with zero attached hydrogens (tertiary/aromatic N) is 5. The molecule has 1 aromatic carbocycles. The van der Waals surface area contributed by atoms with Gasteiger partial charge in [-0.2, -0.15) is 5.26 Å². The van der Waals surface area contributed by atoms with E-state index in [1.54, 1.807) is 0 Å². The number of aromatic nitrogens is 3. The molecule has 0 bridgehead atoms. The Morgan fingerprint density at radius 1 is 1.26 bits per heavy atom. The summed E-state index contributed by atoms with van der Waals surface area (Å²) in [6.45, 7) is 4.94. The first-order chi connectivity index (χ1) is 14.9. The van der Waals surface area contributed by atoms with Crippen molar-refractivity contribution in [1.29, 1.82) is 5.26 Å². The number of fused-ring (bicyclic) bond motifs is 1. The first kappa shape index (κ1) is 22.6. The molecule has 0 fully saturated rings. The molecule has 3 aromatic rings. The summed E-state index contributed by atoms with van der Waals surface area (Å²) in [5.74, 6) is 1.06. The number of imidazole rings is 1. The van der Waals surface area contributed by atoms with Gasteiger partial charge in [0.15, 0.2) is 5.65 Å². The van der Waals surface area contributed by atoms with E-state index in [1.807, 2.05) is 24.4 Å². The van der Waals surface area contributed by atoms with Crippen molar-refractivity contribution in [3.63, 3.8) is 0 Å². The fourth-order valence-corrected chi connectivity index (χ4v) is 6.25. The summed E-state index contributed by atoms with van der Waals surface area (Å²) in [6, 6.07) is 10.5. The number of unbranched alkanes of at least 4 members (excludes halogenated alkanes) is 1. The summed E-state index contributed by atoms with van der Waals surface area (Å²) in [6.07, 6.45) is 6.87. The minimum absolute atomic E-state index is 0.671. The number of allylic oxidation sites excluding steroid dienone is 1. The smallest absolute Gasteiger partial charge is 0.204 e. The molecule has 158 valence electrons. The zero-order chi connectivity index (χ0) is 22.2. The standard InChI is InChI=1S/C23H20Br2IN5/c1-3-4-5-20-29-21-14(2)8-9-28-22(21)31(20)12-15-6-7-16(17(24)10-15)23(13-27)18(26)11-19(25)30-23/h6-11H,3-5,12H2,1-2H3. The first-order valence-corrected chi connectivity index (χ1v) is 12.7. The summed E-state index contributed by atoms with van der Waals surface area (Å²) in [4.78, 5) is 14.1. The first-order valence-electron chi connectivity index (χ1n) is 10.0. The minimum atomic E-state index is -1.01. The van der Waals surface area contributed by atoms with Gasteiger partial charge in [0.25, 0.3) is 0 Å². The van der Waals surface area contributed by atoms with Crippen molar-refractivity contribution in [2.24, 2.45) is 4.99 Å². The van der Waals surface area contributed by atoms with E-state index in [2.05, 4.69) is 101 Å². The van der Waals surface area contributed by atoms with E-state index in [9.17, 15) is 5.26 Å². The van der Waals surface area contributed by atoms with Gasteiger partial charge in [-0.1, -0.05) is 41.4 Å². The normalized spacial score (nSPS) is 18.2. The van der Waals surface area contributed by atoms with Crippen molar-refractivity contribution in [2.45, 2.75) is 45.2 Å². The molecule has 3 heterocycles. The molecule has 1 aliphatic rings. The van der Waals surface area contributed by atoms with E-state index in [-0.39, 0.29) is 0 Å². The molecular formula is C23H20Br2IN5. The molecule has 4 rings (SSSR count). The lowest BCUT2D eigenvalue weighted by molar-refractivity contribution is 0.685. The molecule has 0 amide bonds. The van der Waals surface area contributed by atoms with E-state index < -0.39 is 5.54 Å². The Morgan fingerprint density at radius 3 is 2.71 bits per heavy atom. The van der Waals surface area contributed by atoms with Crippen LogP contribution in [-0.4, -0.2) is 19.2 Å². The molecule has 0 radical (unpaired) electrons. The van der Waals surface area contributed by atoms with Crippen molar-refractivity contribution in [2.75, 3.05) is 0 Å². The number of aliphatic imine (C=N–C) groups is 1. The highest BCUT2D eigenvalue weighted by atomic mass is 127. The third-order valence-corrected chi connectivity index (χ3v) is 7.61. The minimum Gasteiger partial charge on any atom is -0.308 e. The van der Waals surface area contributed by atoms with Crippen molar-refractivity contribution in [3.8, 4) is 6.07 Å². The van der Waals surface area contributed by atoms with Crippen LogP contribution in [0.4, 0.5) is 0 Å². The summed E-state index contributed by atoms with van der Waals surface area (Å²) in [5, 5.41) is 9.96. The topological polar surface area (TPSA) is 66.9 Å². The van der Waals surface area contributed by atoms with Crippen LogP contribution in [0.25, 0.3) is 11.2 Å². The predicted octanol–water partition coefficient (Wildman–Crippen LogP) is 6.74. The molecule has 0 aliphatic carbocycles. The number of rotatable bonds is 6. The van der Waals surface area contributed by atoms with Gasteiger partial charge < -0.3 is 4.57 Å². The monoisotopic (exact) mass is 651 g/mol. The molecule has 1 aliphatic heterocycles. The molecule has 1 atom stereocenters. The van der Waals surface area contributed by atoms with E-state index in [4.69, 9.17) is 4.98 Å². The van der Waals surface area contributed by atoms with Gasteiger partial charge in [-0.15, -0.1) is 0 Å². The Hall–Kier alpha value is -1.57. The number of aryl methyl sites for hydroxylation is 2. The summed E-state index contributed by atoms with van der Waals surface area (Å²) in [5.41, 5.74) is 3.97. The summed E-state index contributed by atoms with van der Waals surface area (Å²) >= 11 is 9.30. The summed E-state index contributed by atoms with van der Waals surface area (Å²) in [7, 11) is 0. The average Bonchev–Trinajstić information content (AvgIpc) is 3.24. The molecule has 0 N–H and O–H groups in total. The van der Waals surface area contributed by atoms with Crippen LogP contribution in [0.1, 0.15) is 42.3 Å². The van der Waals surface area contributed by atoms with Crippen molar-refractivity contribution >= 4 is 70.2 Å². The maximum Gasteiger partial charge on any atom is 0.204 e. The third-order valence-electron chi connectivity index (χ3n) is 5.46. The molecule has 8 heteroatoms. The van der Waals surface area contributed by atoms with Gasteiger partial charge in [-0.25, -0.2) is 15.0 Å². The zero-order valence-electron chi connectivity index (χ0n) is 17.2. The molecular weight excluding hydrogens is 633 g/mol. The van der Waals surface area contributed by atoms with Gasteiger partial charge >= 0.3 is 0 Å². The molecule has 0 spiro atoms. The quantitative estimate of drug-likeness (QED) is 0.277. The Balaban J connectivity index is 1.74. The van der Waals surface area contributed by atoms with Crippen LogP contribution in [0, 0.1) is 18.3 Å². The SMILES string of the molecule is CCCCc1nc2c(C)ccnc2n1Cc1ccc(C2(C#N)N=C(Br)C=C2I)c(Br)c1. The highest BCUT2D eigenvalue weighted by molar-refractivity contribution is 14.1. The zero-order valence-corrected chi connectivity index (χ0v) is 22.5. The van der Waals surface area contributed by atoms with Gasteiger partial charge in [0.2, 0.25) is 5.54 Å². The van der Waals surface area contributed by atoms with Crippen molar-refractivity contribution < 1.29 is 0 Å².